The number of fused-ring (bicyclic) bond motifs is 1. The number of benzene rings is 1. The summed E-state index contributed by atoms with van der Waals surface area (Å²) in [5, 5.41) is 15.3. The van der Waals surface area contributed by atoms with Crippen molar-refractivity contribution in [2.24, 2.45) is 0 Å². The SMILES string of the molecule is CON(C)CCNc1nc(NCCCN2CCOCC2)nc2c(F)cc(F)cc12.O=C(O)C(F)(F)F. The Morgan fingerprint density at radius 2 is 1.86 bits per heavy atom. The number of hydroxylamine groups is 2. The van der Waals surface area contributed by atoms with Crippen molar-refractivity contribution in [1.82, 2.24) is 19.9 Å². The molecule has 3 N–H and O–H groups in total. The monoisotopic (exact) mass is 524 g/mol. The van der Waals surface area contributed by atoms with E-state index >= 15 is 0 Å². The summed E-state index contributed by atoms with van der Waals surface area (Å²) in [4.78, 5) is 25.0. The van der Waals surface area contributed by atoms with Gasteiger partial charge < -0.3 is 25.3 Å². The molecule has 10 nitrogen and oxygen atoms in total. The van der Waals surface area contributed by atoms with E-state index in [0.717, 1.165) is 45.3 Å². The van der Waals surface area contributed by atoms with Gasteiger partial charge in [-0.15, -0.1) is 0 Å². The van der Waals surface area contributed by atoms with Crippen LogP contribution in [-0.2, 0) is 14.4 Å². The van der Waals surface area contributed by atoms with Crippen molar-refractivity contribution in [2.75, 3.05) is 77.3 Å². The third-order valence-corrected chi connectivity index (χ3v) is 5.03. The second-order valence-corrected chi connectivity index (χ2v) is 7.68. The highest BCUT2D eigenvalue weighted by Crippen LogP contribution is 2.25. The van der Waals surface area contributed by atoms with Gasteiger partial charge in [-0.3, -0.25) is 4.90 Å². The lowest BCUT2D eigenvalue weighted by atomic mass is 10.2. The lowest BCUT2D eigenvalue weighted by Crippen LogP contribution is -2.37. The molecule has 0 radical (unpaired) electrons. The molecule has 202 valence electrons. The number of nitrogens with zero attached hydrogens (tertiary/aromatic N) is 4. The van der Waals surface area contributed by atoms with E-state index in [2.05, 4.69) is 25.5 Å². The first-order valence-electron chi connectivity index (χ1n) is 11.0. The molecule has 1 aromatic carbocycles. The number of ether oxygens (including phenoxy) is 1. The highest BCUT2D eigenvalue weighted by Gasteiger charge is 2.38. The number of carbonyl (C=O) groups is 1. The van der Waals surface area contributed by atoms with Gasteiger partial charge in [-0.05, 0) is 19.0 Å². The first-order chi connectivity index (χ1) is 17.0. The minimum atomic E-state index is -5.08. The van der Waals surface area contributed by atoms with Crippen LogP contribution >= 0.6 is 0 Å². The molecule has 1 fully saturated rings. The van der Waals surface area contributed by atoms with Crippen LogP contribution in [0.1, 0.15) is 6.42 Å². The van der Waals surface area contributed by atoms with E-state index in [-0.39, 0.29) is 5.52 Å². The Morgan fingerprint density at radius 3 is 2.47 bits per heavy atom. The molecule has 0 unspecified atom stereocenters. The predicted molar refractivity (Wildman–Crippen MR) is 122 cm³/mol. The lowest BCUT2D eigenvalue weighted by Gasteiger charge is -2.26. The highest BCUT2D eigenvalue weighted by atomic mass is 19.4. The second-order valence-electron chi connectivity index (χ2n) is 7.68. The van der Waals surface area contributed by atoms with Crippen LogP contribution < -0.4 is 10.6 Å². The third-order valence-electron chi connectivity index (χ3n) is 5.03. The Kier molecular flexibility index (Phi) is 11.4. The number of carboxylic acid groups (broad SMARTS) is 1. The molecule has 0 saturated carbocycles. The molecular formula is C21H29F5N6O4. The van der Waals surface area contributed by atoms with Crippen LogP contribution in [0.4, 0.5) is 33.7 Å². The van der Waals surface area contributed by atoms with Crippen LogP contribution in [0.5, 0.6) is 0 Å². The maximum atomic E-state index is 14.3. The Balaban J connectivity index is 0.000000572. The molecule has 0 aliphatic carbocycles. The molecule has 0 bridgehead atoms. The van der Waals surface area contributed by atoms with E-state index in [1.165, 1.54) is 6.07 Å². The number of likely N-dealkylation sites (N-methyl/N-ethyl adjacent to an activating group) is 1. The van der Waals surface area contributed by atoms with Crippen LogP contribution in [0.25, 0.3) is 10.9 Å². The van der Waals surface area contributed by atoms with E-state index in [0.29, 0.717) is 36.8 Å². The molecule has 1 saturated heterocycles. The number of anilines is 2. The molecule has 0 amide bonds. The van der Waals surface area contributed by atoms with Gasteiger partial charge in [-0.25, -0.2) is 18.6 Å². The number of aliphatic carboxylic acids is 1. The van der Waals surface area contributed by atoms with Crippen molar-refractivity contribution in [3.05, 3.63) is 23.8 Å². The fourth-order valence-corrected chi connectivity index (χ4v) is 3.12. The zero-order valence-corrected chi connectivity index (χ0v) is 19.9. The molecule has 1 aliphatic heterocycles. The minimum Gasteiger partial charge on any atom is -0.475 e. The van der Waals surface area contributed by atoms with Gasteiger partial charge in [0.25, 0.3) is 0 Å². The summed E-state index contributed by atoms with van der Waals surface area (Å²) in [5.74, 6) is -3.44. The van der Waals surface area contributed by atoms with Gasteiger partial charge >= 0.3 is 12.1 Å². The average molecular weight is 524 g/mol. The maximum absolute atomic E-state index is 14.3. The summed E-state index contributed by atoms with van der Waals surface area (Å²) in [6.45, 7) is 6.07. The number of halogens is 5. The molecule has 1 aliphatic rings. The Bertz CT molecular complexity index is 991. The van der Waals surface area contributed by atoms with Gasteiger partial charge in [-0.1, -0.05) is 0 Å². The number of rotatable bonds is 10. The van der Waals surface area contributed by atoms with Crippen molar-refractivity contribution in [3.63, 3.8) is 0 Å². The van der Waals surface area contributed by atoms with Crippen molar-refractivity contribution < 1.29 is 41.4 Å². The quantitative estimate of drug-likeness (QED) is 0.244. The molecule has 0 atom stereocenters. The molecular weight excluding hydrogens is 495 g/mol. The van der Waals surface area contributed by atoms with E-state index in [1.807, 2.05) is 0 Å². The average Bonchev–Trinajstić information content (AvgIpc) is 2.82. The van der Waals surface area contributed by atoms with Gasteiger partial charge in [0.1, 0.15) is 17.2 Å². The van der Waals surface area contributed by atoms with Crippen molar-refractivity contribution in [2.45, 2.75) is 12.6 Å². The van der Waals surface area contributed by atoms with Crippen molar-refractivity contribution in [1.29, 1.82) is 0 Å². The van der Waals surface area contributed by atoms with Crippen molar-refractivity contribution in [3.8, 4) is 0 Å². The number of alkyl halides is 3. The summed E-state index contributed by atoms with van der Waals surface area (Å²) in [5.41, 5.74) is 0.0830. The molecule has 15 heteroatoms. The zero-order valence-electron chi connectivity index (χ0n) is 19.9. The minimum absolute atomic E-state index is 0.0830. The molecule has 2 heterocycles. The van der Waals surface area contributed by atoms with E-state index in [4.69, 9.17) is 19.5 Å². The van der Waals surface area contributed by atoms with Crippen LogP contribution in [0.3, 0.4) is 0 Å². The molecule has 1 aromatic heterocycles. The predicted octanol–water partition coefficient (Wildman–Crippen LogP) is 2.58. The largest absolute Gasteiger partial charge is 0.490 e. The van der Waals surface area contributed by atoms with Crippen LogP contribution in [0.15, 0.2) is 12.1 Å². The van der Waals surface area contributed by atoms with Gasteiger partial charge in [-0.2, -0.15) is 23.2 Å². The number of nitrogens with one attached hydrogen (secondary N) is 2. The number of aromatic nitrogens is 2. The number of morpholine rings is 1. The first-order valence-corrected chi connectivity index (χ1v) is 11.0. The fraction of sp³-hybridized carbons (Fsp3) is 0.571. The van der Waals surface area contributed by atoms with E-state index in [9.17, 15) is 22.0 Å². The Labute approximate surface area is 204 Å². The Hall–Kier alpha value is -2.88. The van der Waals surface area contributed by atoms with Crippen LogP contribution in [-0.4, -0.2) is 104 Å². The smallest absolute Gasteiger partial charge is 0.475 e. The van der Waals surface area contributed by atoms with Gasteiger partial charge in [0, 0.05) is 51.2 Å². The number of hydrogen-bond acceptors (Lipinski definition) is 9. The van der Waals surface area contributed by atoms with E-state index < -0.39 is 23.8 Å². The summed E-state index contributed by atoms with van der Waals surface area (Å²) in [6, 6.07) is 2.07. The van der Waals surface area contributed by atoms with Crippen LogP contribution in [0.2, 0.25) is 0 Å². The van der Waals surface area contributed by atoms with E-state index in [1.54, 1.807) is 19.2 Å². The number of carboxylic acids is 1. The highest BCUT2D eigenvalue weighted by molar-refractivity contribution is 5.90. The van der Waals surface area contributed by atoms with Gasteiger partial charge in [0.15, 0.2) is 5.82 Å². The normalized spacial score (nSPS) is 14.4. The zero-order chi connectivity index (χ0) is 26.7. The standard InChI is InChI=1S/C19H28F2N6O2.C2HF3O2/c1-26(28-2)7-5-22-18-15-12-14(20)13-16(21)17(15)24-19(25-18)23-4-3-6-27-8-10-29-11-9-27;3-2(4,5)1(6)7/h12-13H,3-11H2,1-2H3,(H2,22,23,24,25);(H,6,7). The Morgan fingerprint density at radius 1 is 1.19 bits per heavy atom. The van der Waals surface area contributed by atoms with Crippen molar-refractivity contribution >= 4 is 28.6 Å². The van der Waals surface area contributed by atoms with Gasteiger partial charge in [0.05, 0.1) is 20.3 Å². The topological polar surface area (TPSA) is 112 Å². The third kappa shape index (κ3) is 9.64. The maximum Gasteiger partial charge on any atom is 0.490 e. The summed E-state index contributed by atoms with van der Waals surface area (Å²) in [7, 11) is 3.37. The fourth-order valence-electron chi connectivity index (χ4n) is 3.12. The lowest BCUT2D eigenvalue weighted by molar-refractivity contribution is -0.192. The summed E-state index contributed by atoms with van der Waals surface area (Å²) < 4.78 is 65.1. The van der Waals surface area contributed by atoms with Crippen LogP contribution in [0, 0.1) is 11.6 Å². The summed E-state index contributed by atoms with van der Waals surface area (Å²) >= 11 is 0. The number of hydrogen-bond donors (Lipinski definition) is 3. The molecule has 0 spiro atoms. The first kappa shape index (κ1) is 29.4. The molecule has 36 heavy (non-hydrogen) atoms. The second kappa shape index (κ2) is 14.0. The molecule has 2 aromatic rings. The summed E-state index contributed by atoms with van der Waals surface area (Å²) in [6.07, 6.45) is -4.19. The van der Waals surface area contributed by atoms with Gasteiger partial charge in [0.2, 0.25) is 5.95 Å². The molecule has 3 rings (SSSR count).